The van der Waals surface area contributed by atoms with Crippen LogP contribution in [0.2, 0.25) is 0 Å². The maximum absolute atomic E-state index is 12.8. The van der Waals surface area contributed by atoms with E-state index in [1.165, 1.54) is 9.13 Å². The maximum Gasteiger partial charge on any atom is 0.318 e. The molecule has 0 aliphatic rings. The van der Waals surface area contributed by atoms with Gasteiger partial charge in [0.2, 0.25) is 5.91 Å². The van der Waals surface area contributed by atoms with E-state index in [0.29, 0.717) is 16.9 Å². The summed E-state index contributed by atoms with van der Waals surface area (Å²) in [5.41, 5.74) is 0.858. The minimum absolute atomic E-state index is 0.217. The molecule has 0 aliphatic heterocycles. The Balaban J connectivity index is 1.67. The van der Waals surface area contributed by atoms with Gasteiger partial charge in [0, 0.05) is 12.4 Å². The summed E-state index contributed by atoms with van der Waals surface area (Å²) in [4.78, 5) is 46.5. The molecule has 1 N–H and O–H groups in total. The van der Waals surface area contributed by atoms with Crippen LogP contribution in [0.5, 0.6) is 0 Å². The second-order valence-corrected chi connectivity index (χ2v) is 6.71. The third-order valence-corrected chi connectivity index (χ3v) is 4.66. The van der Waals surface area contributed by atoms with Crippen LogP contribution in [0.3, 0.4) is 0 Å². The molecule has 4 aromatic rings. The highest BCUT2D eigenvalue weighted by Crippen LogP contribution is 2.10. The van der Waals surface area contributed by atoms with Crippen molar-refractivity contribution in [2.45, 2.75) is 19.6 Å². The van der Waals surface area contributed by atoms with Gasteiger partial charge in [-0.15, -0.1) is 0 Å². The quantitative estimate of drug-likeness (QED) is 0.491. The Morgan fingerprint density at radius 1 is 0.833 bits per heavy atom. The van der Waals surface area contributed by atoms with Crippen LogP contribution in [-0.4, -0.2) is 25.0 Å². The van der Waals surface area contributed by atoms with Crippen LogP contribution >= 0.6 is 0 Å². The highest BCUT2D eigenvalue weighted by Gasteiger charge is 2.16. The molecule has 0 unspecified atom stereocenters. The Bertz CT molecular complexity index is 1300. The Kier molecular flexibility index (Phi) is 5.47. The Labute approximate surface area is 171 Å². The van der Waals surface area contributed by atoms with Crippen molar-refractivity contribution in [1.29, 1.82) is 0 Å². The molecule has 0 bridgehead atoms. The van der Waals surface area contributed by atoms with E-state index in [1.54, 1.807) is 36.7 Å². The van der Waals surface area contributed by atoms with Gasteiger partial charge in [-0.3, -0.25) is 28.5 Å². The van der Waals surface area contributed by atoms with Gasteiger partial charge in [-0.25, -0.2) is 4.98 Å². The second-order valence-electron chi connectivity index (χ2n) is 6.71. The fourth-order valence-electron chi connectivity index (χ4n) is 3.20. The van der Waals surface area contributed by atoms with Gasteiger partial charge in [-0.05, 0) is 29.8 Å². The van der Waals surface area contributed by atoms with Crippen LogP contribution in [0.25, 0.3) is 11.2 Å². The summed E-state index contributed by atoms with van der Waals surface area (Å²) < 4.78 is 2.51. The first-order valence-corrected chi connectivity index (χ1v) is 9.42. The summed E-state index contributed by atoms with van der Waals surface area (Å²) in [5, 5.41) is 2.72. The minimum atomic E-state index is -0.764. The summed E-state index contributed by atoms with van der Waals surface area (Å²) in [6.45, 7) is 0.167. The molecule has 8 nitrogen and oxygen atoms in total. The van der Waals surface area contributed by atoms with Crippen molar-refractivity contribution < 1.29 is 4.79 Å². The lowest BCUT2D eigenvalue weighted by Crippen LogP contribution is -2.44. The minimum Gasteiger partial charge on any atom is -0.349 e. The van der Waals surface area contributed by atoms with Crippen LogP contribution in [0.1, 0.15) is 11.3 Å². The van der Waals surface area contributed by atoms with E-state index in [1.807, 2.05) is 36.4 Å². The first-order valence-electron chi connectivity index (χ1n) is 9.42. The number of carbonyl (C=O) groups is 1. The molecule has 0 fully saturated rings. The molecule has 3 aromatic heterocycles. The number of pyridine rings is 2. The highest BCUT2D eigenvalue weighted by atomic mass is 16.2. The van der Waals surface area contributed by atoms with E-state index in [9.17, 15) is 14.4 Å². The van der Waals surface area contributed by atoms with E-state index in [4.69, 9.17) is 0 Å². The lowest BCUT2D eigenvalue weighted by molar-refractivity contribution is -0.121. The average Bonchev–Trinajstić information content (AvgIpc) is 2.79. The molecular formula is C22H19N5O3. The molecule has 8 heteroatoms. The van der Waals surface area contributed by atoms with Crippen molar-refractivity contribution in [3.05, 3.63) is 105 Å². The second kappa shape index (κ2) is 8.52. The van der Waals surface area contributed by atoms with Crippen LogP contribution in [0.15, 0.2) is 82.6 Å². The molecule has 3 heterocycles. The maximum atomic E-state index is 12.8. The number of hydrogen-bond donors (Lipinski definition) is 1. The molecule has 1 amide bonds. The number of nitrogens with one attached hydrogen (secondary N) is 1. The first-order chi connectivity index (χ1) is 14.6. The number of hydrogen-bond acceptors (Lipinski definition) is 5. The fourth-order valence-corrected chi connectivity index (χ4v) is 3.20. The highest BCUT2D eigenvalue weighted by molar-refractivity contribution is 5.78. The zero-order valence-electron chi connectivity index (χ0n) is 16.1. The number of carbonyl (C=O) groups excluding carboxylic acids is 1. The third kappa shape index (κ3) is 4.02. The standard InChI is InChI=1S/C22H19N5O3/c28-19(25-13-17-9-4-5-11-23-17)15-26-18-10-6-12-24-20(18)27(22(30)21(26)29)14-16-7-2-1-3-8-16/h1-12H,13-15H2,(H,25,28). The van der Waals surface area contributed by atoms with Gasteiger partial charge in [0.25, 0.3) is 0 Å². The molecule has 0 saturated carbocycles. The summed E-state index contributed by atoms with van der Waals surface area (Å²) in [5.74, 6) is -0.395. The van der Waals surface area contributed by atoms with E-state index in [0.717, 1.165) is 5.56 Å². The number of benzene rings is 1. The number of rotatable bonds is 6. The molecule has 1 aromatic carbocycles. The van der Waals surface area contributed by atoms with Crippen molar-refractivity contribution >= 4 is 17.1 Å². The van der Waals surface area contributed by atoms with Crippen molar-refractivity contribution in [3.8, 4) is 0 Å². The average molecular weight is 401 g/mol. The largest absolute Gasteiger partial charge is 0.349 e. The summed E-state index contributed by atoms with van der Waals surface area (Å²) >= 11 is 0. The molecule has 150 valence electrons. The number of fused-ring (bicyclic) bond motifs is 1. The number of nitrogens with zero attached hydrogens (tertiary/aromatic N) is 4. The van der Waals surface area contributed by atoms with Crippen LogP contribution in [0.4, 0.5) is 0 Å². The lowest BCUT2D eigenvalue weighted by atomic mass is 10.2. The monoisotopic (exact) mass is 401 g/mol. The summed E-state index contributed by atoms with van der Waals surface area (Å²) in [6, 6.07) is 18.1. The molecular weight excluding hydrogens is 382 g/mol. The summed E-state index contributed by atoms with van der Waals surface area (Å²) in [7, 11) is 0. The first kappa shape index (κ1) is 19.3. The van der Waals surface area contributed by atoms with E-state index >= 15 is 0 Å². The number of amides is 1. The Hall–Kier alpha value is -4.07. The van der Waals surface area contributed by atoms with Gasteiger partial charge in [-0.1, -0.05) is 36.4 Å². The van der Waals surface area contributed by atoms with Crippen LogP contribution in [0, 0.1) is 0 Å². The van der Waals surface area contributed by atoms with Crippen molar-refractivity contribution in [1.82, 2.24) is 24.4 Å². The van der Waals surface area contributed by atoms with E-state index in [2.05, 4.69) is 15.3 Å². The fraction of sp³-hybridized carbons (Fsp3) is 0.136. The molecule has 0 saturated heterocycles. The van der Waals surface area contributed by atoms with Gasteiger partial charge in [0.05, 0.1) is 24.3 Å². The molecule has 0 spiro atoms. The van der Waals surface area contributed by atoms with Gasteiger partial charge >= 0.3 is 11.1 Å². The van der Waals surface area contributed by atoms with Gasteiger partial charge in [0.15, 0.2) is 5.65 Å². The normalized spacial score (nSPS) is 10.8. The molecule has 0 radical (unpaired) electrons. The SMILES string of the molecule is O=C(Cn1c(=O)c(=O)n(Cc2ccccc2)c2ncccc21)NCc1ccccn1. The predicted octanol–water partition coefficient (Wildman–Crippen LogP) is 1.32. The van der Waals surface area contributed by atoms with Crippen molar-refractivity contribution in [2.75, 3.05) is 0 Å². The van der Waals surface area contributed by atoms with Gasteiger partial charge in [0.1, 0.15) is 6.54 Å². The third-order valence-electron chi connectivity index (χ3n) is 4.66. The summed E-state index contributed by atoms with van der Waals surface area (Å²) in [6.07, 6.45) is 3.19. The van der Waals surface area contributed by atoms with Crippen LogP contribution < -0.4 is 16.4 Å². The number of aromatic nitrogens is 4. The Morgan fingerprint density at radius 2 is 1.57 bits per heavy atom. The Morgan fingerprint density at radius 3 is 2.33 bits per heavy atom. The lowest BCUT2D eigenvalue weighted by Gasteiger charge is -2.14. The molecule has 30 heavy (non-hydrogen) atoms. The molecule has 0 atom stereocenters. The zero-order valence-corrected chi connectivity index (χ0v) is 16.1. The van der Waals surface area contributed by atoms with Gasteiger partial charge < -0.3 is 5.32 Å². The van der Waals surface area contributed by atoms with E-state index in [-0.39, 0.29) is 19.6 Å². The molecule has 0 aliphatic carbocycles. The van der Waals surface area contributed by atoms with Gasteiger partial charge in [-0.2, -0.15) is 0 Å². The zero-order chi connectivity index (χ0) is 20.9. The smallest absolute Gasteiger partial charge is 0.318 e. The predicted molar refractivity (Wildman–Crippen MR) is 112 cm³/mol. The van der Waals surface area contributed by atoms with E-state index < -0.39 is 17.0 Å². The van der Waals surface area contributed by atoms with Crippen LogP contribution in [-0.2, 0) is 24.4 Å². The molecule has 4 rings (SSSR count). The van der Waals surface area contributed by atoms with Crippen molar-refractivity contribution in [3.63, 3.8) is 0 Å². The topological polar surface area (TPSA) is 98.9 Å². The van der Waals surface area contributed by atoms with Crippen molar-refractivity contribution in [2.24, 2.45) is 0 Å².